The predicted molar refractivity (Wildman–Crippen MR) is 155 cm³/mol. The lowest BCUT2D eigenvalue weighted by molar-refractivity contribution is -0.151. The number of hydrogen-bond acceptors (Lipinski definition) is 7. The molecule has 0 spiro atoms. The molecule has 42 heavy (non-hydrogen) atoms. The van der Waals surface area contributed by atoms with Crippen molar-refractivity contribution < 1.29 is 28.6 Å². The minimum absolute atomic E-state index is 0.119. The molecule has 1 unspecified atom stereocenters. The molecule has 11 heteroatoms. The minimum Gasteiger partial charge on any atom is -0.497 e. The summed E-state index contributed by atoms with van der Waals surface area (Å²) in [5.74, 6) is 0.553. The van der Waals surface area contributed by atoms with E-state index in [1.54, 1.807) is 43.3 Å². The van der Waals surface area contributed by atoms with Crippen LogP contribution >= 0.6 is 0 Å². The van der Waals surface area contributed by atoms with Crippen LogP contribution in [0.15, 0.2) is 47.3 Å². The van der Waals surface area contributed by atoms with Crippen LogP contribution in [0.3, 0.4) is 0 Å². The number of piperidine rings is 2. The van der Waals surface area contributed by atoms with Crippen LogP contribution in [0.5, 0.6) is 11.5 Å². The summed E-state index contributed by atoms with van der Waals surface area (Å²) in [6, 6.07) is 11.8. The highest BCUT2D eigenvalue weighted by Gasteiger charge is 2.38. The number of fused-ring (bicyclic) bond motifs is 1. The number of nitrogens with zero attached hydrogens (tertiary/aromatic N) is 4. The SMILES string of the molecule is COc1ccc(CN2C(=O)CCC(n3c(=O)n(C)c4c(OC5CCN(C(=O)OC(C)(C)C)CC5)cccc43)C2=O)cc1. The Morgan fingerprint density at radius 3 is 2.31 bits per heavy atom. The molecule has 2 aliphatic heterocycles. The van der Waals surface area contributed by atoms with Crippen molar-refractivity contribution in [2.45, 2.75) is 70.7 Å². The summed E-state index contributed by atoms with van der Waals surface area (Å²) in [6.07, 6.45) is 1.15. The van der Waals surface area contributed by atoms with Crippen molar-refractivity contribution >= 4 is 28.9 Å². The van der Waals surface area contributed by atoms with Crippen molar-refractivity contribution in [2.75, 3.05) is 20.2 Å². The van der Waals surface area contributed by atoms with Gasteiger partial charge in [-0.3, -0.25) is 23.6 Å². The van der Waals surface area contributed by atoms with Crippen molar-refractivity contribution in [2.24, 2.45) is 7.05 Å². The summed E-state index contributed by atoms with van der Waals surface area (Å²) in [7, 11) is 3.23. The van der Waals surface area contributed by atoms with E-state index < -0.39 is 17.6 Å². The second-order valence-corrected chi connectivity index (χ2v) is 11.8. The van der Waals surface area contributed by atoms with Gasteiger partial charge in [-0.05, 0) is 57.0 Å². The number of rotatable bonds is 6. The first-order chi connectivity index (χ1) is 20.0. The Morgan fingerprint density at radius 1 is 0.976 bits per heavy atom. The molecule has 2 saturated heterocycles. The van der Waals surface area contributed by atoms with Crippen LogP contribution < -0.4 is 15.2 Å². The monoisotopic (exact) mass is 578 g/mol. The van der Waals surface area contributed by atoms with Crippen LogP contribution in [0.1, 0.15) is 58.1 Å². The molecule has 0 N–H and O–H groups in total. The number of hydrogen-bond donors (Lipinski definition) is 0. The standard InChI is InChI=1S/C31H38N4O7/c1-31(2,3)42-30(39)33-17-15-22(16-18-33)41-25-8-6-7-23-27(25)32(4)29(38)35(23)24-13-14-26(36)34(28(24)37)19-20-9-11-21(40-5)12-10-20/h6-12,22,24H,13-19H2,1-5H3. The summed E-state index contributed by atoms with van der Waals surface area (Å²) in [5.41, 5.74) is 1.04. The average Bonchev–Trinajstić information content (AvgIpc) is 3.21. The van der Waals surface area contributed by atoms with E-state index in [2.05, 4.69) is 0 Å². The molecule has 2 aromatic carbocycles. The third kappa shape index (κ3) is 5.86. The molecule has 1 atom stereocenters. The van der Waals surface area contributed by atoms with E-state index in [1.807, 2.05) is 39.0 Å². The van der Waals surface area contributed by atoms with E-state index in [-0.39, 0.29) is 43.2 Å². The Kier molecular flexibility index (Phi) is 8.03. The van der Waals surface area contributed by atoms with Gasteiger partial charge in [-0.25, -0.2) is 9.59 Å². The normalized spacial score (nSPS) is 18.5. The molecule has 2 aliphatic rings. The molecular formula is C31H38N4O7. The zero-order chi connectivity index (χ0) is 30.2. The molecule has 3 amide bonds. The third-order valence-electron chi connectivity index (χ3n) is 7.75. The van der Waals surface area contributed by atoms with Crippen LogP contribution in [0.25, 0.3) is 11.0 Å². The van der Waals surface area contributed by atoms with E-state index >= 15 is 0 Å². The van der Waals surface area contributed by atoms with Gasteiger partial charge in [-0.15, -0.1) is 0 Å². The number of imidazole rings is 1. The molecule has 3 heterocycles. The number of imide groups is 1. The topological polar surface area (TPSA) is 112 Å². The summed E-state index contributed by atoms with van der Waals surface area (Å²) >= 11 is 0. The van der Waals surface area contributed by atoms with Crippen LogP contribution in [-0.4, -0.2) is 68.7 Å². The second-order valence-electron chi connectivity index (χ2n) is 11.8. The van der Waals surface area contributed by atoms with Gasteiger partial charge in [-0.1, -0.05) is 18.2 Å². The highest BCUT2D eigenvalue weighted by atomic mass is 16.6. The Hall–Kier alpha value is -4.28. The smallest absolute Gasteiger partial charge is 0.410 e. The van der Waals surface area contributed by atoms with Crippen molar-refractivity contribution in [1.29, 1.82) is 0 Å². The number of aryl methyl sites for hydroxylation is 1. The van der Waals surface area contributed by atoms with Crippen LogP contribution in [-0.2, 0) is 27.9 Å². The summed E-state index contributed by atoms with van der Waals surface area (Å²) < 4.78 is 20.1. The van der Waals surface area contributed by atoms with Gasteiger partial charge in [0, 0.05) is 39.4 Å². The molecule has 224 valence electrons. The number of carbonyl (C=O) groups is 3. The first-order valence-corrected chi connectivity index (χ1v) is 14.3. The van der Waals surface area contributed by atoms with E-state index in [1.165, 1.54) is 14.0 Å². The summed E-state index contributed by atoms with van der Waals surface area (Å²) in [6.45, 7) is 6.65. The maximum atomic E-state index is 13.7. The fourth-order valence-electron chi connectivity index (χ4n) is 5.60. The fraction of sp³-hybridized carbons (Fsp3) is 0.484. The van der Waals surface area contributed by atoms with Gasteiger partial charge in [0.1, 0.15) is 34.8 Å². The molecule has 5 rings (SSSR count). The number of likely N-dealkylation sites (tertiary alicyclic amines) is 2. The zero-order valence-electron chi connectivity index (χ0n) is 24.8. The Balaban J connectivity index is 1.35. The van der Waals surface area contributed by atoms with E-state index in [0.29, 0.717) is 48.5 Å². The Morgan fingerprint density at radius 2 is 1.67 bits per heavy atom. The number of amides is 3. The molecule has 1 aromatic heterocycles. The molecule has 0 radical (unpaired) electrons. The lowest BCUT2D eigenvalue weighted by Crippen LogP contribution is -2.47. The number of aromatic nitrogens is 2. The molecule has 3 aromatic rings. The first-order valence-electron chi connectivity index (χ1n) is 14.3. The van der Waals surface area contributed by atoms with Gasteiger partial charge in [0.25, 0.3) is 5.91 Å². The zero-order valence-corrected chi connectivity index (χ0v) is 24.8. The third-order valence-corrected chi connectivity index (χ3v) is 7.75. The summed E-state index contributed by atoms with van der Waals surface area (Å²) in [5, 5.41) is 0. The highest BCUT2D eigenvalue weighted by Crippen LogP contribution is 2.32. The maximum absolute atomic E-state index is 13.7. The lowest BCUT2D eigenvalue weighted by Gasteiger charge is -2.33. The van der Waals surface area contributed by atoms with Crippen molar-refractivity contribution in [3.63, 3.8) is 0 Å². The predicted octanol–water partition coefficient (Wildman–Crippen LogP) is 4.02. The Bertz CT molecular complexity index is 1540. The van der Waals surface area contributed by atoms with E-state index in [0.717, 1.165) is 5.56 Å². The van der Waals surface area contributed by atoms with Crippen molar-refractivity contribution in [3.05, 3.63) is 58.5 Å². The minimum atomic E-state index is -0.815. The van der Waals surface area contributed by atoms with Gasteiger partial charge < -0.3 is 19.1 Å². The number of carbonyl (C=O) groups excluding carboxylic acids is 3. The van der Waals surface area contributed by atoms with Gasteiger partial charge >= 0.3 is 11.8 Å². The number of ether oxygens (including phenoxy) is 3. The molecule has 0 bridgehead atoms. The van der Waals surface area contributed by atoms with E-state index in [9.17, 15) is 19.2 Å². The number of methoxy groups -OCH3 is 1. The van der Waals surface area contributed by atoms with Crippen LogP contribution in [0.2, 0.25) is 0 Å². The van der Waals surface area contributed by atoms with Crippen LogP contribution in [0.4, 0.5) is 4.79 Å². The van der Waals surface area contributed by atoms with Crippen molar-refractivity contribution in [3.8, 4) is 11.5 Å². The molecule has 0 saturated carbocycles. The van der Waals surface area contributed by atoms with Gasteiger partial charge in [0.2, 0.25) is 5.91 Å². The van der Waals surface area contributed by atoms with Gasteiger partial charge in [0.05, 0.1) is 19.2 Å². The van der Waals surface area contributed by atoms with Gasteiger partial charge in [0.15, 0.2) is 0 Å². The summed E-state index contributed by atoms with van der Waals surface area (Å²) in [4.78, 5) is 55.4. The first kappa shape index (κ1) is 29.2. The molecule has 11 nitrogen and oxygen atoms in total. The maximum Gasteiger partial charge on any atom is 0.410 e. The Labute approximate surface area is 244 Å². The second kappa shape index (κ2) is 11.5. The molecular weight excluding hydrogens is 540 g/mol. The quantitative estimate of drug-likeness (QED) is 0.406. The lowest BCUT2D eigenvalue weighted by atomic mass is 10.0. The molecule has 2 fully saturated rings. The average molecular weight is 579 g/mol. The van der Waals surface area contributed by atoms with E-state index in [4.69, 9.17) is 14.2 Å². The van der Waals surface area contributed by atoms with Crippen LogP contribution in [0, 0.1) is 0 Å². The number of benzene rings is 2. The fourth-order valence-corrected chi connectivity index (χ4v) is 5.60. The van der Waals surface area contributed by atoms with Gasteiger partial charge in [-0.2, -0.15) is 0 Å². The number of para-hydroxylation sites is 1. The molecule has 0 aliphatic carbocycles. The largest absolute Gasteiger partial charge is 0.497 e. The van der Waals surface area contributed by atoms with Crippen molar-refractivity contribution in [1.82, 2.24) is 18.9 Å². The highest BCUT2D eigenvalue weighted by molar-refractivity contribution is 6.00.